The van der Waals surface area contributed by atoms with E-state index in [1.54, 1.807) is 0 Å². The molecule has 6 nitrogen and oxygen atoms in total. The normalized spacial score (nSPS) is 12.8. The number of anilines is 2. The van der Waals surface area contributed by atoms with Crippen molar-refractivity contribution in [3.8, 4) is 11.8 Å². The van der Waals surface area contributed by atoms with Gasteiger partial charge < -0.3 is 4.90 Å². The predicted octanol–water partition coefficient (Wildman–Crippen LogP) is 7.29. The topological polar surface area (TPSA) is 69.2 Å². The highest BCUT2D eigenvalue weighted by Gasteiger charge is 2.41. The second kappa shape index (κ2) is 11.3. The van der Waals surface area contributed by atoms with Gasteiger partial charge in [-0.2, -0.15) is 28.6 Å². The third-order valence-electron chi connectivity index (χ3n) is 6.21. The van der Waals surface area contributed by atoms with Crippen molar-refractivity contribution < 1.29 is 13.2 Å². The van der Waals surface area contributed by atoms with Crippen LogP contribution in [0.5, 0.6) is 0 Å². The Kier molecular flexibility index (Phi) is 8.54. The molecular formula is C27H30ClF3N6. The number of rotatable bonds is 10. The van der Waals surface area contributed by atoms with Crippen molar-refractivity contribution in [1.82, 2.24) is 9.78 Å². The standard InChI is InChI=1S/C27H30ClF3N6/c1-18(2)15-16-36(20-9-7-6-8-10-20)22(17-32)26(3,4)24-23(28)25(34-33-5)37(35-24)21-13-11-19(12-14-21)27(29,30)31/h6-14,18,22,34H,5,15-16H2,1-4H3. The number of halogens is 4. The van der Waals surface area contributed by atoms with Gasteiger partial charge >= 0.3 is 6.18 Å². The van der Waals surface area contributed by atoms with E-state index in [0.29, 0.717) is 23.8 Å². The fourth-order valence-electron chi connectivity index (χ4n) is 4.13. The summed E-state index contributed by atoms with van der Waals surface area (Å²) in [6.07, 6.45) is -3.60. The van der Waals surface area contributed by atoms with E-state index in [-0.39, 0.29) is 10.8 Å². The zero-order valence-corrected chi connectivity index (χ0v) is 22.0. The number of hydrazone groups is 1. The van der Waals surface area contributed by atoms with Gasteiger partial charge in [-0.05, 0) is 48.7 Å². The quantitative estimate of drug-likeness (QED) is 0.221. The van der Waals surface area contributed by atoms with Crippen LogP contribution in [0.25, 0.3) is 5.69 Å². The molecule has 0 bridgehead atoms. The van der Waals surface area contributed by atoms with Gasteiger partial charge in [-0.3, -0.25) is 5.43 Å². The fraction of sp³-hybridized carbons (Fsp3) is 0.370. The van der Waals surface area contributed by atoms with Crippen molar-refractivity contribution in [2.24, 2.45) is 11.0 Å². The molecule has 0 saturated heterocycles. The van der Waals surface area contributed by atoms with Gasteiger partial charge in [0.2, 0.25) is 0 Å². The Bertz CT molecular complexity index is 1240. The number of nitrogens with zero attached hydrogens (tertiary/aromatic N) is 5. The maximum atomic E-state index is 13.1. The molecule has 10 heteroatoms. The van der Waals surface area contributed by atoms with Crippen LogP contribution in [-0.2, 0) is 11.6 Å². The number of hydrogen-bond donors (Lipinski definition) is 1. The zero-order valence-electron chi connectivity index (χ0n) is 21.2. The van der Waals surface area contributed by atoms with Crippen molar-refractivity contribution >= 4 is 29.8 Å². The highest BCUT2D eigenvalue weighted by atomic mass is 35.5. The molecule has 0 spiro atoms. The maximum absolute atomic E-state index is 13.1. The Labute approximate surface area is 220 Å². The third-order valence-corrected chi connectivity index (χ3v) is 6.57. The SMILES string of the molecule is C=NNc1c(Cl)c(C(C)(C)C(C#N)N(CCC(C)C)c2ccccc2)nn1-c1ccc(C(F)(F)F)cc1. The van der Waals surface area contributed by atoms with Crippen molar-refractivity contribution in [3.63, 3.8) is 0 Å². The molecule has 0 fully saturated rings. The summed E-state index contributed by atoms with van der Waals surface area (Å²) in [6, 6.07) is 16.0. The molecule has 1 N–H and O–H groups in total. The first-order valence-electron chi connectivity index (χ1n) is 11.8. The molecule has 0 saturated carbocycles. The lowest BCUT2D eigenvalue weighted by Crippen LogP contribution is -2.48. The van der Waals surface area contributed by atoms with E-state index >= 15 is 0 Å². The van der Waals surface area contributed by atoms with Gasteiger partial charge in [-0.1, -0.05) is 57.5 Å². The van der Waals surface area contributed by atoms with Gasteiger partial charge in [-0.15, -0.1) is 0 Å². The van der Waals surface area contributed by atoms with E-state index in [1.807, 2.05) is 49.1 Å². The van der Waals surface area contributed by atoms with Crippen molar-refractivity contribution in [2.75, 3.05) is 16.9 Å². The summed E-state index contributed by atoms with van der Waals surface area (Å²) in [6.45, 7) is 12.1. The molecule has 1 heterocycles. The van der Waals surface area contributed by atoms with Crippen LogP contribution in [0, 0.1) is 17.2 Å². The van der Waals surface area contributed by atoms with Gasteiger partial charge in [0.05, 0.1) is 23.0 Å². The Morgan fingerprint density at radius 2 is 1.76 bits per heavy atom. The molecule has 0 aliphatic heterocycles. The Morgan fingerprint density at radius 1 is 1.14 bits per heavy atom. The van der Waals surface area contributed by atoms with Crippen LogP contribution < -0.4 is 10.3 Å². The summed E-state index contributed by atoms with van der Waals surface area (Å²) in [5, 5.41) is 19.0. The Morgan fingerprint density at radius 3 is 2.27 bits per heavy atom. The minimum Gasteiger partial charge on any atom is -0.355 e. The summed E-state index contributed by atoms with van der Waals surface area (Å²) in [5.74, 6) is 0.662. The molecule has 3 rings (SSSR count). The minimum atomic E-state index is -4.46. The maximum Gasteiger partial charge on any atom is 0.416 e. The molecule has 1 unspecified atom stereocenters. The van der Waals surface area contributed by atoms with E-state index in [1.165, 1.54) is 16.8 Å². The third kappa shape index (κ3) is 6.08. The molecule has 0 radical (unpaired) electrons. The largest absolute Gasteiger partial charge is 0.416 e. The van der Waals surface area contributed by atoms with E-state index in [4.69, 9.17) is 11.6 Å². The van der Waals surface area contributed by atoms with Crippen LogP contribution in [0.2, 0.25) is 5.02 Å². The minimum absolute atomic E-state index is 0.203. The molecule has 1 aromatic heterocycles. The summed E-state index contributed by atoms with van der Waals surface area (Å²) >= 11 is 6.78. The van der Waals surface area contributed by atoms with E-state index in [9.17, 15) is 18.4 Å². The predicted molar refractivity (Wildman–Crippen MR) is 142 cm³/mol. The van der Waals surface area contributed by atoms with Gasteiger partial charge in [0.1, 0.15) is 11.1 Å². The number of alkyl halides is 3. The lowest BCUT2D eigenvalue weighted by atomic mass is 9.80. The molecule has 1 atom stereocenters. The van der Waals surface area contributed by atoms with Crippen LogP contribution in [-0.4, -0.2) is 29.1 Å². The molecule has 3 aromatic rings. The van der Waals surface area contributed by atoms with Crippen molar-refractivity contribution in [3.05, 3.63) is 70.9 Å². The summed E-state index contributed by atoms with van der Waals surface area (Å²) in [7, 11) is 0. The fourth-order valence-corrected chi connectivity index (χ4v) is 4.54. The van der Waals surface area contributed by atoms with Crippen LogP contribution in [0.1, 0.15) is 45.4 Å². The lowest BCUT2D eigenvalue weighted by molar-refractivity contribution is -0.137. The van der Waals surface area contributed by atoms with Gasteiger partial charge in [0.25, 0.3) is 0 Å². The smallest absolute Gasteiger partial charge is 0.355 e. The number of nitrogens with one attached hydrogen (secondary N) is 1. The van der Waals surface area contributed by atoms with E-state index < -0.39 is 23.2 Å². The van der Waals surface area contributed by atoms with Crippen LogP contribution in [0.4, 0.5) is 24.7 Å². The van der Waals surface area contributed by atoms with Crippen molar-refractivity contribution in [2.45, 2.75) is 51.7 Å². The molecule has 2 aromatic carbocycles. The Hall–Kier alpha value is -3.51. The summed E-state index contributed by atoms with van der Waals surface area (Å²) in [4.78, 5) is 2.05. The second-order valence-corrected chi connectivity index (χ2v) is 10.1. The average molecular weight is 531 g/mol. The number of hydrogen-bond acceptors (Lipinski definition) is 5. The average Bonchev–Trinajstić information content (AvgIpc) is 3.18. The first kappa shape index (κ1) is 28.1. The van der Waals surface area contributed by atoms with Gasteiger partial charge in [0, 0.05) is 24.4 Å². The highest BCUT2D eigenvalue weighted by Crippen LogP contribution is 2.40. The monoisotopic (exact) mass is 530 g/mol. The van der Waals surface area contributed by atoms with Gasteiger partial charge in [-0.25, -0.2) is 4.68 Å². The highest BCUT2D eigenvalue weighted by molar-refractivity contribution is 6.33. The van der Waals surface area contributed by atoms with Crippen LogP contribution >= 0.6 is 11.6 Å². The van der Waals surface area contributed by atoms with Gasteiger partial charge in [0.15, 0.2) is 5.82 Å². The van der Waals surface area contributed by atoms with Crippen LogP contribution in [0.15, 0.2) is 59.7 Å². The number of para-hydroxylation sites is 1. The van der Waals surface area contributed by atoms with Crippen molar-refractivity contribution in [1.29, 1.82) is 5.26 Å². The first-order chi connectivity index (χ1) is 17.4. The lowest BCUT2D eigenvalue weighted by Gasteiger charge is -2.39. The first-order valence-corrected chi connectivity index (χ1v) is 12.2. The zero-order chi connectivity index (χ0) is 27.4. The van der Waals surface area contributed by atoms with Crippen LogP contribution in [0.3, 0.4) is 0 Å². The summed E-state index contributed by atoms with van der Waals surface area (Å²) < 4.78 is 40.6. The Balaban J connectivity index is 2.11. The number of benzene rings is 2. The number of nitriles is 1. The molecular weight excluding hydrogens is 501 g/mol. The van der Waals surface area contributed by atoms with E-state index in [2.05, 4.69) is 42.3 Å². The molecule has 37 heavy (non-hydrogen) atoms. The second-order valence-electron chi connectivity index (χ2n) is 9.70. The van der Waals surface area contributed by atoms with E-state index in [0.717, 1.165) is 24.2 Å². The molecule has 0 aliphatic rings. The number of aromatic nitrogens is 2. The molecule has 0 amide bonds. The molecule has 0 aliphatic carbocycles. The molecule has 196 valence electrons. The summed E-state index contributed by atoms with van der Waals surface area (Å²) in [5.41, 5.74) is 2.67.